The van der Waals surface area contributed by atoms with Crippen molar-refractivity contribution in [2.75, 3.05) is 0 Å². The molecule has 0 aliphatic rings. The van der Waals surface area contributed by atoms with Crippen molar-refractivity contribution >= 4 is 15.9 Å². The second kappa shape index (κ2) is 6.72. The van der Waals surface area contributed by atoms with Crippen molar-refractivity contribution in [2.45, 2.75) is 18.7 Å². The summed E-state index contributed by atoms with van der Waals surface area (Å²) < 4.78 is 42.0. The molecule has 1 N–H and O–H groups in total. The summed E-state index contributed by atoms with van der Waals surface area (Å²) in [6.07, 6.45) is 0. The summed E-state index contributed by atoms with van der Waals surface area (Å²) in [7, 11) is -4.36. The monoisotopic (exact) mass is 373 g/mol. The second-order valence-corrected chi connectivity index (χ2v) is 7.44. The first kappa shape index (κ1) is 17.8. The fourth-order valence-corrected chi connectivity index (χ4v) is 3.50. The van der Waals surface area contributed by atoms with Crippen LogP contribution in [0.25, 0.3) is 5.69 Å². The fourth-order valence-electron chi connectivity index (χ4n) is 2.48. The van der Waals surface area contributed by atoms with Gasteiger partial charge in [0.25, 0.3) is 15.9 Å². The van der Waals surface area contributed by atoms with Crippen LogP contribution in [-0.2, 0) is 10.0 Å². The van der Waals surface area contributed by atoms with Gasteiger partial charge in [0.05, 0.1) is 11.4 Å². The van der Waals surface area contributed by atoms with Crippen LogP contribution in [0, 0.1) is 19.7 Å². The maximum atomic E-state index is 14.0. The van der Waals surface area contributed by atoms with Gasteiger partial charge in [0.15, 0.2) is 0 Å². The molecule has 0 aliphatic heterocycles. The number of carbonyl (C=O) groups excluding carboxylic acids is 1. The van der Waals surface area contributed by atoms with Gasteiger partial charge in [0.1, 0.15) is 16.4 Å². The highest BCUT2D eigenvalue weighted by Crippen LogP contribution is 2.17. The number of rotatable bonds is 4. The number of nitrogens with one attached hydrogen (secondary N) is 1. The SMILES string of the molecule is Cc1ccc(S(=O)(=O)NC(=O)c2cc(C)nn2-c2ccccc2)c(F)c1. The zero-order valence-corrected chi connectivity index (χ0v) is 14.9. The molecule has 0 aliphatic carbocycles. The van der Waals surface area contributed by atoms with Crippen molar-refractivity contribution in [1.82, 2.24) is 14.5 Å². The lowest BCUT2D eigenvalue weighted by Crippen LogP contribution is -2.32. The Morgan fingerprint density at radius 2 is 1.77 bits per heavy atom. The summed E-state index contributed by atoms with van der Waals surface area (Å²) in [5, 5.41) is 4.22. The number of carbonyl (C=O) groups is 1. The van der Waals surface area contributed by atoms with Crippen molar-refractivity contribution in [3.05, 3.63) is 77.4 Å². The average Bonchev–Trinajstić information content (AvgIpc) is 2.97. The molecule has 0 spiro atoms. The van der Waals surface area contributed by atoms with Crippen molar-refractivity contribution in [1.29, 1.82) is 0 Å². The van der Waals surface area contributed by atoms with E-state index in [2.05, 4.69) is 5.10 Å². The van der Waals surface area contributed by atoms with Gasteiger partial charge in [-0.2, -0.15) is 5.10 Å². The maximum absolute atomic E-state index is 14.0. The molecule has 3 rings (SSSR count). The Hall–Kier alpha value is -3.00. The molecule has 26 heavy (non-hydrogen) atoms. The van der Waals surface area contributed by atoms with Gasteiger partial charge in [-0.05, 0) is 49.7 Å². The van der Waals surface area contributed by atoms with E-state index < -0.39 is 26.6 Å². The van der Waals surface area contributed by atoms with Crippen molar-refractivity contribution in [3.63, 3.8) is 0 Å². The minimum absolute atomic E-state index is 0.0322. The number of hydrogen-bond acceptors (Lipinski definition) is 4. The minimum Gasteiger partial charge on any atom is -0.266 e. The summed E-state index contributed by atoms with van der Waals surface area (Å²) in [4.78, 5) is 12.0. The van der Waals surface area contributed by atoms with Crippen LogP contribution in [0.15, 0.2) is 59.5 Å². The van der Waals surface area contributed by atoms with Crippen LogP contribution >= 0.6 is 0 Å². The molecular weight excluding hydrogens is 357 g/mol. The molecule has 2 aromatic carbocycles. The van der Waals surface area contributed by atoms with Crippen molar-refractivity contribution in [3.8, 4) is 5.69 Å². The highest BCUT2D eigenvalue weighted by Gasteiger charge is 2.25. The van der Waals surface area contributed by atoms with Gasteiger partial charge in [-0.15, -0.1) is 0 Å². The Bertz CT molecular complexity index is 1080. The van der Waals surface area contributed by atoms with Crippen LogP contribution in [0.3, 0.4) is 0 Å². The number of aromatic nitrogens is 2. The highest BCUT2D eigenvalue weighted by molar-refractivity contribution is 7.90. The first-order valence-electron chi connectivity index (χ1n) is 7.73. The van der Waals surface area contributed by atoms with Crippen molar-refractivity contribution < 1.29 is 17.6 Å². The molecule has 1 aromatic heterocycles. The van der Waals surface area contributed by atoms with E-state index in [1.165, 1.54) is 16.8 Å². The summed E-state index contributed by atoms with van der Waals surface area (Å²) in [6.45, 7) is 3.32. The molecule has 3 aromatic rings. The molecule has 0 saturated carbocycles. The number of sulfonamides is 1. The second-order valence-electron chi connectivity index (χ2n) is 5.79. The Kier molecular flexibility index (Phi) is 4.60. The van der Waals surface area contributed by atoms with E-state index in [1.54, 1.807) is 38.1 Å². The third kappa shape index (κ3) is 3.50. The van der Waals surface area contributed by atoms with Gasteiger partial charge < -0.3 is 0 Å². The van der Waals surface area contributed by atoms with E-state index in [9.17, 15) is 17.6 Å². The number of benzene rings is 2. The average molecular weight is 373 g/mol. The van der Waals surface area contributed by atoms with Gasteiger partial charge in [-0.25, -0.2) is 22.2 Å². The third-order valence-corrected chi connectivity index (χ3v) is 5.03. The van der Waals surface area contributed by atoms with E-state index in [0.29, 0.717) is 16.9 Å². The van der Waals surface area contributed by atoms with Crippen LogP contribution in [-0.4, -0.2) is 24.1 Å². The topological polar surface area (TPSA) is 81.1 Å². The minimum atomic E-state index is -4.36. The molecule has 0 atom stereocenters. The molecule has 8 heteroatoms. The zero-order valence-electron chi connectivity index (χ0n) is 14.1. The molecule has 0 bridgehead atoms. The maximum Gasteiger partial charge on any atom is 0.283 e. The molecule has 134 valence electrons. The molecule has 0 saturated heterocycles. The molecule has 1 amide bonds. The molecular formula is C18H16FN3O3S. The normalized spacial score (nSPS) is 11.3. The van der Waals surface area contributed by atoms with Gasteiger partial charge in [-0.3, -0.25) is 4.79 Å². The van der Waals surface area contributed by atoms with E-state index in [4.69, 9.17) is 0 Å². The standard InChI is InChI=1S/C18H16FN3O3S/c1-12-8-9-17(15(19)10-12)26(24,25)21-18(23)16-11-13(2)20-22(16)14-6-4-3-5-7-14/h3-11H,1-2H3,(H,21,23). The number of hydrogen-bond donors (Lipinski definition) is 1. The van der Waals surface area contributed by atoms with Gasteiger partial charge in [0.2, 0.25) is 0 Å². The van der Waals surface area contributed by atoms with Crippen LogP contribution in [0.2, 0.25) is 0 Å². The summed E-state index contributed by atoms with van der Waals surface area (Å²) in [5.41, 5.74) is 1.75. The Morgan fingerprint density at radius 3 is 2.42 bits per heavy atom. The van der Waals surface area contributed by atoms with Crippen molar-refractivity contribution in [2.24, 2.45) is 0 Å². The van der Waals surface area contributed by atoms with E-state index in [0.717, 1.165) is 12.1 Å². The quantitative estimate of drug-likeness (QED) is 0.762. The largest absolute Gasteiger partial charge is 0.283 e. The molecule has 0 fully saturated rings. The van der Waals surface area contributed by atoms with Crippen LogP contribution < -0.4 is 4.72 Å². The molecule has 0 radical (unpaired) electrons. The zero-order chi connectivity index (χ0) is 18.9. The lowest BCUT2D eigenvalue weighted by Gasteiger charge is -2.10. The number of nitrogens with zero attached hydrogens (tertiary/aromatic N) is 2. The predicted octanol–water partition coefficient (Wildman–Crippen LogP) is 2.75. The third-order valence-electron chi connectivity index (χ3n) is 3.67. The molecule has 0 unspecified atom stereocenters. The summed E-state index contributed by atoms with van der Waals surface area (Å²) in [6, 6.07) is 14.0. The summed E-state index contributed by atoms with van der Waals surface area (Å²) in [5.74, 6) is -1.81. The van der Waals surface area contributed by atoms with Crippen LogP contribution in [0.1, 0.15) is 21.7 Å². The van der Waals surface area contributed by atoms with Gasteiger partial charge in [-0.1, -0.05) is 24.3 Å². The lowest BCUT2D eigenvalue weighted by molar-refractivity contribution is 0.0974. The first-order valence-corrected chi connectivity index (χ1v) is 9.21. The molecule has 1 heterocycles. The van der Waals surface area contributed by atoms with E-state index >= 15 is 0 Å². The Morgan fingerprint density at radius 1 is 1.08 bits per heavy atom. The molecule has 6 nitrogen and oxygen atoms in total. The number of para-hydroxylation sites is 1. The first-order chi connectivity index (χ1) is 12.3. The Balaban J connectivity index is 1.96. The highest BCUT2D eigenvalue weighted by atomic mass is 32.2. The number of aryl methyl sites for hydroxylation is 2. The Labute approximate surface area is 150 Å². The van der Waals surface area contributed by atoms with E-state index in [1.807, 2.05) is 10.8 Å². The summed E-state index contributed by atoms with van der Waals surface area (Å²) >= 11 is 0. The van der Waals surface area contributed by atoms with Crippen LogP contribution in [0.5, 0.6) is 0 Å². The lowest BCUT2D eigenvalue weighted by atomic mass is 10.2. The van der Waals surface area contributed by atoms with Crippen LogP contribution in [0.4, 0.5) is 4.39 Å². The fraction of sp³-hybridized carbons (Fsp3) is 0.111. The smallest absolute Gasteiger partial charge is 0.266 e. The predicted molar refractivity (Wildman–Crippen MR) is 94.1 cm³/mol. The number of amides is 1. The van der Waals surface area contributed by atoms with Gasteiger partial charge in [0, 0.05) is 0 Å². The number of halogens is 1. The van der Waals surface area contributed by atoms with E-state index in [-0.39, 0.29) is 5.69 Å². The van der Waals surface area contributed by atoms with Gasteiger partial charge >= 0.3 is 0 Å².